The molecule has 0 spiro atoms. The van der Waals surface area contributed by atoms with Crippen molar-refractivity contribution in [2.45, 2.75) is 107 Å². The molecule has 4 unspecified atom stereocenters. The zero-order chi connectivity index (χ0) is 16.5. The highest BCUT2D eigenvalue weighted by Crippen LogP contribution is 2.42. The van der Waals surface area contributed by atoms with Crippen molar-refractivity contribution in [1.82, 2.24) is 0 Å². The zero-order valence-electron chi connectivity index (χ0n) is 16.5. The first-order valence-corrected chi connectivity index (χ1v) is 9.78. The Morgan fingerprint density at radius 1 is 0.810 bits per heavy atom. The van der Waals surface area contributed by atoms with Crippen molar-refractivity contribution in [3.05, 3.63) is 0 Å². The van der Waals surface area contributed by atoms with Gasteiger partial charge in [0.15, 0.2) is 0 Å². The second kappa shape index (κ2) is 10.7. The third-order valence-corrected chi connectivity index (χ3v) is 5.97. The van der Waals surface area contributed by atoms with Gasteiger partial charge in [-0.1, -0.05) is 74.7 Å². The molecule has 21 heavy (non-hydrogen) atoms. The lowest BCUT2D eigenvalue weighted by Gasteiger charge is -2.38. The fourth-order valence-corrected chi connectivity index (χ4v) is 3.94. The monoisotopic (exact) mass is 296 g/mol. The second-order valence-corrected chi connectivity index (χ2v) is 8.50. The molecule has 0 N–H and O–H groups in total. The molecular formula is C21H44. The SMILES string of the molecule is CCCC(C)(CCC(CC)CC(C)CC)C(C)CC(C)C. The maximum Gasteiger partial charge on any atom is -0.0300 e. The number of rotatable bonds is 12. The van der Waals surface area contributed by atoms with Crippen LogP contribution in [0.4, 0.5) is 0 Å². The normalized spacial score (nSPS) is 19.3. The fraction of sp³-hybridized carbons (Fsp3) is 1.00. The molecule has 0 rings (SSSR count). The van der Waals surface area contributed by atoms with Gasteiger partial charge in [0.25, 0.3) is 0 Å². The molecular weight excluding hydrogens is 252 g/mol. The highest BCUT2D eigenvalue weighted by molar-refractivity contribution is 4.81. The summed E-state index contributed by atoms with van der Waals surface area (Å²) in [7, 11) is 0. The number of hydrogen-bond acceptors (Lipinski definition) is 0. The molecule has 0 amide bonds. The Morgan fingerprint density at radius 2 is 1.43 bits per heavy atom. The largest absolute Gasteiger partial charge is 0.0654 e. The molecule has 0 aliphatic carbocycles. The molecule has 4 atom stereocenters. The summed E-state index contributed by atoms with van der Waals surface area (Å²) in [6, 6.07) is 0. The smallest absolute Gasteiger partial charge is 0.0300 e. The Labute approximate surface area is 136 Å². The molecule has 0 bridgehead atoms. The van der Waals surface area contributed by atoms with E-state index >= 15 is 0 Å². The molecule has 0 saturated carbocycles. The van der Waals surface area contributed by atoms with Crippen LogP contribution in [-0.2, 0) is 0 Å². The van der Waals surface area contributed by atoms with E-state index in [2.05, 4.69) is 55.4 Å². The minimum absolute atomic E-state index is 0.557. The summed E-state index contributed by atoms with van der Waals surface area (Å²) in [4.78, 5) is 0. The molecule has 0 nitrogen and oxygen atoms in total. The van der Waals surface area contributed by atoms with Crippen LogP contribution in [0.2, 0.25) is 0 Å². The van der Waals surface area contributed by atoms with Crippen molar-refractivity contribution >= 4 is 0 Å². The van der Waals surface area contributed by atoms with Crippen molar-refractivity contribution in [3.8, 4) is 0 Å². The van der Waals surface area contributed by atoms with Gasteiger partial charge in [0.05, 0.1) is 0 Å². The maximum absolute atomic E-state index is 2.57. The quantitative estimate of drug-likeness (QED) is 0.346. The standard InChI is InChI=1S/C21H44/c1-9-13-21(8,19(7)15-17(4)5)14-12-20(11-3)16-18(6)10-2/h17-20H,9-16H2,1-8H3. The van der Waals surface area contributed by atoms with Crippen LogP contribution in [0, 0.1) is 29.1 Å². The van der Waals surface area contributed by atoms with Gasteiger partial charge in [-0.25, -0.2) is 0 Å². The van der Waals surface area contributed by atoms with Gasteiger partial charge in [-0.15, -0.1) is 0 Å². The molecule has 0 heteroatoms. The van der Waals surface area contributed by atoms with Crippen LogP contribution in [0.15, 0.2) is 0 Å². The molecule has 0 aliphatic heterocycles. The van der Waals surface area contributed by atoms with Gasteiger partial charge < -0.3 is 0 Å². The van der Waals surface area contributed by atoms with Crippen LogP contribution in [0.1, 0.15) is 107 Å². The van der Waals surface area contributed by atoms with Crippen molar-refractivity contribution in [2.75, 3.05) is 0 Å². The molecule has 0 saturated heterocycles. The van der Waals surface area contributed by atoms with Crippen molar-refractivity contribution in [3.63, 3.8) is 0 Å². The van der Waals surface area contributed by atoms with Crippen LogP contribution in [0.5, 0.6) is 0 Å². The van der Waals surface area contributed by atoms with Gasteiger partial charge in [-0.05, 0) is 61.2 Å². The Balaban J connectivity index is 4.59. The van der Waals surface area contributed by atoms with Crippen LogP contribution in [0.3, 0.4) is 0 Å². The van der Waals surface area contributed by atoms with E-state index in [0.717, 1.165) is 23.7 Å². The summed E-state index contributed by atoms with van der Waals surface area (Å²) in [6.45, 7) is 19.3. The van der Waals surface area contributed by atoms with Crippen LogP contribution < -0.4 is 0 Å². The first-order chi connectivity index (χ1) is 9.78. The Kier molecular flexibility index (Phi) is 10.7. The average Bonchev–Trinajstić information content (AvgIpc) is 2.42. The van der Waals surface area contributed by atoms with Gasteiger partial charge in [0, 0.05) is 0 Å². The van der Waals surface area contributed by atoms with Gasteiger partial charge in [-0.3, -0.25) is 0 Å². The summed E-state index contributed by atoms with van der Waals surface area (Å²) < 4.78 is 0. The van der Waals surface area contributed by atoms with Crippen LogP contribution in [0.25, 0.3) is 0 Å². The molecule has 0 aliphatic rings. The molecule has 0 aromatic heterocycles. The lowest BCUT2D eigenvalue weighted by atomic mass is 9.67. The first-order valence-electron chi connectivity index (χ1n) is 9.78. The van der Waals surface area contributed by atoms with Crippen molar-refractivity contribution in [2.24, 2.45) is 29.1 Å². The average molecular weight is 297 g/mol. The maximum atomic E-state index is 2.57. The van der Waals surface area contributed by atoms with E-state index in [9.17, 15) is 0 Å². The topological polar surface area (TPSA) is 0 Å². The third-order valence-electron chi connectivity index (χ3n) is 5.97. The summed E-state index contributed by atoms with van der Waals surface area (Å²) in [5, 5.41) is 0. The lowest BCUT2D eigenvalue weighted by Crippen LogP contribution is -2.27. The van der Waals surface area contributed by atoms with E-state index < -0.39 is 0 Å². The van der Waals surface area contributed by atoms with Gasteiger partial charge in [-0.2, -0.15) is 0 Å². The summed E-state index contributed by atoms with van der Waals surface area (Å²) in [5.74, 6) is 3.54. The van der Waals surface area contributed by atoms with Crippen molar-refractivity contribution < 1.29 is 0 Å². The number of hydrogen-bond donors (Lipinski definition) is 0. The highest BCUT2D eigenvalue weighted by Gasteiger charge is 2.31. The first kappa shape index (κ1) is 21.0. The molecule has 128 valence electrons. The summed E-state index contributed by atoms with van der Waals surface area (Å²) in [5.41, 5.74) is 0.557. The molecule has 0 aromatic carbocycles. The highest BCUT2D eigenvalue weighted by atomic mass is 14.4. The van der Waals surface area contributed by atoms with Gasteiger partial charge >= 0.3 is 0 Å². The van der Waals surface area contributed by atoms with E-state index in [-0.39, 0.29) is 0 Å². The molecule has 0 heterocycles. The molecule has 0 radical (unpaired) electrons. The third kappa shape index (κ3) is 8.27. The van der Waals surface area contributed by atoms with Gasteiger partial charge in [0.2, 0.25) is 0 Å². The zero-order valence-corrected chi connectivity index (χ0v) is 16.5. The minimum Gasteiger partial charge on any atom is -0.0654 e. The summed E-state index contributed by atoms with van der Waals surface area (Å²) in [6.07, 6.45) is 11.1. The van der Waals surface area contributed by atoms with E-state index in [4.69, 9.17) is 0 Å². The van der Waals surface area contributed by atoms with Gasteiger partial charge in [0.1, 0.15) is 0 Å². The van der Waals surface area contributed by atoms with E-state index in [1.54, 1.807) is 0 Å². The predicted octanol–water partition coefficient (Wildman–Crippen LogP) is 7.72. The van der Waals surface area contributed by atoms with E-state index in [1.165, 1.54) is 51.4 Å². The summed E-state index contributed by atoms with van der Waals surface area (Å²) >= 11 is 0. The minimum atomic E-state index is 0.557. The lowest BCUT2D eigenvalue weighted by molar-refractivity contribution is 0.127. The Hall–Kier alpha value is 0. The second-order valence-electron chi connectivity index (χ2n) is 8.50. The van der Waals surface area contributed by atoms with Crippen LogP contribution in [-0.4, -0.2) is 0 Å². The molecule has 0 fully saturated rings. The van der Waals surface area contributed by atoms with Crippen LogP contribution >= 0.6 is 0 Å². The van der Waals surface area contributed by atoms with E-state index in [0.29, 0.717) is 5.41 Å². The Morgan fingerprint density at radius 3 is 1.86 bits per heavy atom. The van der Waals surface area contributed by atoms with Crippen molar-refractivity contribution in [1.29, 1.82) is 0 Å². The molecule has 0 aromatic rings. The fourth-order valence-electron chi connectivity index (χ4n) is 3.94. The Bertz CT molecular complexity index is 242. The predicted molar refractivity (Wildman–Crippen MR) is 98.7 cm³/mol. The van der Waals surface area contributed by atoms with E-state index in [1.807, 2.05) is 0 Å².